The lowest BCUT2D eigenvalue weighted by Crippen LogP contribution is -2.24. The molecule has 140 valence electrons. The van der Waals surface area contributed by atoms with Crippen LogP contribution in [0.1, 0.15) is 36.6 Å². The topological polar surface area (TPSA) is 60.0 Å². The van der Waals surface area contributed by atoms with Crippen LogP contribution < -0.4 is 19.5 Å². The van der Waals surface area contributed by atoms with Crippen molar-refractivity contribution in [3.05, 3.63) is 53.1 Å². The molecular weight excluding hydrogens is 330 g/mol. The predicted octanol–water partition coefficient (Wildman–Crippen LogP) is 3.24. The summed E-state index contributed by atoms with van der Waals surface area (Å²) in [6.07, 6.45) is 0.233. The van der Waals surface area contributed by atoms with Gasteiger partial charge in [0.05, 0.1) is 20.3 Å². The maximum Gasteiger partial charge on any atom is 0.124 e. The fraction of sp³-hybridized carbons (Fsp3) is 0.429. The van der Waals surface area contributed by atoms with Crippen molar-refractivity contribution in [2.45, 2.75) is 38.5 Å². The van der Waals surface area contributed by atoms with Crippen molar-refractivity contribution >= 4 is 0 Å². The second kappa shape index (κ2) is 7.56. The van der Waals surface area contributed by atoms with E-state index < -0.39 is 6.10 Å². The van der Waals surface area contributed by atoms with Gasteiger partial charge < -0.3 is 24.6 Å². The molecule has 2 aromatic rings. The van der Waals surface area contributed by atoms with Gasteiger partial charge in [0.15, 0.2) is 0 Å². The maximum absolute atomic E-state index is 10.5. The first-order valence-electron chi connectivity index (χ1n) is 8.83. The van der Waals surface area contributed by atoms with Gasteiger partial charge in [-0.25, -0.2) is 0 Å². The number of aliphatic hydroxyl groups excluding tert-OH is 1. The van der Waals surface area contributed by atoms with E-state index in [1.54, 1.807) is 26.4 Å². The second-order valence-corrected chi connectivity index (χ2v) is 7.24. The van der Waals surface area contributed by atoms with Gasteiger partial charge in [-0.3, -0.25) is 0 Å². The van der Waals surface area contributed by atoms with Crippen LogP contribution in [0.3, 0.4) is 0 Å². The summed E-state index contributed by atoms with van der Waals surface area (Å²) in [4.78, 5) is 0. The van der Waals surface area contributed by atoms with Crippen LogP contribution in [0.15, 0.2) is 36.4 Å². The molecule has 5 heteroatoms. The molecule has 1 unspecified atom stereocenters. The fourth-order valence-corrected chi connectivity index (χ4v) is 3.34. The first-order chi connectivity index (χ1) is 12.4. The van der Waals surface area contributed by atoms with Crippen molar-refractivity contribution in [1.82, 2.24) is 5.32 Å². The van der Waals surface area contributed by atoms with Gasteiger partial charge in [0.2, 0.25) is 0 Å². The summed E-state index contributed by atoms with van der Waals surface area (Å²) in [6.45, 7) is 5.30. The lowest BCUT2D eigenvalue weighted by atomic mass is 10.0. The number of ether oxygens (including phenoxy) is 3. The average Bonchev–Trinajstić information content (AvgIpc) is 2.94. The van der Waals surface area contributed by atoms with E-state index in [9.17, 15) is 5.11 Å². The SMILES string of the molecule is COc1ccc(OC)c(C(O)CNCc2ccc3c(c2)CC(C)(C)O3)c1. The Hall–Kier alpha value is -2.24. The highest BCUT2D eigenvalue weighted by atomic mass is 16.5. The number of hydrogen-bond acceptors (Lipinski definition) is 5. The molecule has 3 rings (SSSR count). The van der Waals surface area contributed by atoms with Crippen molar-refractivity contribution in [3.8, 4) is 17.2 Å². The monoisotopic (exact) mass is 357 g/mol. The van der Waals surface area contributed by atoms with Gasteiger partial charge in [-0.2, -0.15) is 0 Å². The van der Waals surface area contributed by atoms with Gasteiger partial charge in [0.1, 0.15) is 22.8 Å². The molecule has 5 nitrogen and oxygen atoms in total. The number of rotatable bonds is 7. The van der Waals surface area contributed by atoms with Crippen molar-refractivity contribution in [2.75, 3.05) is 20.8 Å². The molecule has 2 aromatic carbocycles. The summed E-state index contributed by atoms with van der Waals surface area (Å²) in [7, 11) is 3.20. The van der Waals surface area contributed by atoms with Crippen molar-refractivity contribution < 1.29 is 19.3 Å². The smallest absolute Gasteiger partial charge is 0.124 e. The van der Waals surface area contributed by atoms with Gasteiger partial charge in [0, 0.05) is 25.1 Å². The fourth-order valence-electron chi connectivity index (χ4n) is 3.34. The molecule has 0 spiro atoms. The normalized spacial score (nSPS) is 15.9. The van der Waals surface area contributed by atoms with Crippen molar-refractivity contribution in [3.63, 3.8) is 0 Å². The first-order valence-corrected chi connectivity index (χ1v) is 8.83. The molecule has 0 bridgehead atoms. The van der Waals surface area contributed by atoms with E-state index in [-0.39, 0.29) is 5.60 Å². The van der Waals surface area contributed by atoms with Crippen LogP contribution in [0.2, 0.25) is 0 Å². The molecule has 1 aliphatic heterocycles. The molecule has 1 aliphatic rings. The minimum absolute atomic E-state index is 0.131. The molecule has 0 saturated heterocycles. The molecule has 26 heavy (non-hydrogen) atoms. The van der Waals surface area contributed by atoms with Crippen LogP contribution >= 0.6 is 0 Å². The first kappa shape index (κ1) is 18.5. The van der Waals surface area contributed by atoms with E-state index in [0.29, 0.717) is 30.2 Å². The largest absolute Gasteiger partial charge is 0.497 e. The van der Waals surface area contributed by atoms with Crippen LogP contribution in [-0.2, 0) is 13.0 Å². The number of aliphatic hydroxyl groups is 1. The number of benzene rings is 2. The van der Waals surface area contributed by atoms with Gasteiger partial charge in [-0.15, -0.1) is 0 Å². The third-order valence-electron chi connectivity index (χ3n) is 4.59. The molecule has 0 saturated carbocycles. The lowest BCUT2D eigenvalue weighted by Gasteiger charge is -2.17. The Morgan fingerprint density at radius 1 is 1.15 bits per heavy atom. The highest BCUT2D eigenvalue weighted by Crippen LogP contribution is 2.35. The van der Waals surface area contributed by atoms with Crippen LogP contribution in [0, 0.1) is 0 Å². The van der Waals surface area contributed by atoms with E-state index in [4.69, 9.17) is 14.2 Å². The van der Waals surface area contributed by atoms with E-state index in [1.807, 2.05) is 12.1 Å². The van der Waals surface area contributed by atoms with Crippen molar-refractivity contribution in [1.29, 1.82) is 0 Å². The average molecular weight is 357 g/mol. The molecule has 1 heterocycles. The number of fused-ring (bicyclic) bond motifs is 1. The van der Waals surface area contributed by atoms with Crippen LogP contribution in [0.4, 0.5) is 0 Å². The quantitative estimate of drug-likeness (QED) is 0.797. The Kier molecular flexibility index (Phi) is 5.39. The summed E-state index contributed by atoms with van der Waals surface area (Å²) >= 11 is 0. The van der Waals surface area contributed by atoms with Gasteiger partial charge in [-0.05, 0) is 49.2 Å². The summed E-state index contributed by atoms with van der Waals surface area (Å²) in [6, 6.07) is 11.7. The third kappa shape index (κ3) is 4.11. The Morgan fingerprint density at radius 2 is 1.96 bits per heavy atom. The van der Waals surface area contributed by atoms with Crippen LogP contribution in [-0.4, -0.2) is 31.5 Å². The molecular formula is C21H27NO4. The maximum atomic E-state index is 10.5. The molecule has 0 fully saturated rings. The Bertz CT molecular complexity index is 773. The van der Waals surface area contributed by atoms with E-state index >= 15 is 0 Å². The Balaban J connectivity index is 1.60. The molecule has 0 aliphatic carbocycles. The zero-order valence-electron chi connectivity index (χ0n) is 15.8. The minimum Gasteiger partial charge on any atom is -0.497 e. The van der Waals surface area contributed by atoms with Crippen LogP contribution in [0.25, 0.3) is 0 Å². The summed E-state index contributed by atoms with van der Waals surface area (Å²) in [5.74, 6) is 2.32. The summed E-state index contributed by atoms with van der Waals surface area (Å²) in [5.41, 5.74) is 3.00. The zero-order chi connectivity index (χ0) is 18.7. The minimum atomic E-state index is -0.684. The molecule has 1 atom stereocenters. The Labute approximate surface area is 154 Å². The highest BCUT2D eigenvalue weighted by Gasteiger charge is 2.29. The van der Waals surface area contributed by atoms with Gasteiger partial charge >= 0.3 is 0 Å². The van der Waals surface area contributed by atoms with Gasteiger partial charge in [0.25, 0.3) is 0 Å². The van der Waals surface area contributed by atoms with E-state index in [2.05, 4.69) is 31.3 Å². The van der Waals surface area contributed by atoms with E-state index in [0.717, 1.165) is 12.2 Å². The highest BCUT2D eigenvalue weighted by molar-refractivity contribution is 5.43. The zero-order valence-corrected chi connectivity index (χ0v) is 15.8. The number of methoxy groups -OCH3 is 2. The molecule has 0 aromatic heterocycles. The second-order valence-electron chi connectivity index (χ2n) is 7.24. The third-order valence-corrected chi connectivity index (χ3v) is 4.59. The summed E-state index contributed by atoms with van der Waals surface area (Å²) < 4.78 is 16.5. The van der Waals surface area contributed by atoms with Gasteiger partial charge in [-0.1, -0.05) is 12.1 Å². The van der Waals surface area contributed by atoms with Crippen LogP contribution in [0.5, 0.6) is 17.2 Å². The number of hydrogen-bond donors (Lipinski definition) is 2. The number of nitrogens with one attached hydrogen (secondary N) is 1. The van der Waals surface area contributed by atoms with Crippen molar-refractivity contribution in [2.24, 2.45) is 0 Å². The molecule has 0 radical (unpaired) electrons. The lowest BCUT2D eigenvalue weighted by molar-refractivity contribution is 0.138. The summed E-state index contributed by atoms with van der Waals surface area (Å²) in [5, 5.41) is 13.8. The standard InChI is InChI=1S/C21H27NO4/c1-21(2)11-15-9-14(5-7-19(15)26-21)12-22-13-18(23)17-10-16(24-3)6-8-20(17)25-4/h5-10,18,22-23H,11-13H2,1-4H3. The Morgan fingerprint density at radius 3 is 2.69 bits per heavy atom. The molecule has 0 amide bonds. The van der Waals surface area contributed by atoms with E-state index in [1.165, 1.54) is 11.1 Å². The molecule has 2 N–H and O–H groups in total. The predicted molar refractivity (Wildman–Crippen MR) is 101 cm³/mol.